The molecule has 3 rings (SSSR count). The minimum atomic E-state index is -3.98. The van der Waals surface area contributed by atoms with Gasteiger partial charge in [0.2, 0.25) is 0 Å². The predicted octanol–water partition coefficient (Wildman–Crippen LogP) is 2.93. The van der Waals surface area contributed by atoms with Crippen molar-refractivity contribution in [1.29, 1.82) is 0 Å². The van der Waals surface area contributed by atoms with Crippen molar-refractivity contribution in [2.45, 2.75) is 4.90 Å². The summed E-state index contributed by atoms with van der Waals surface area (Å²) in [5.41, 5.74) is 3.33. The molecule has 0 bridgehead atoms. The van der Waals surface area contributed by atoms with Gasteiger partial charge in [0.05, 0.1) is 13.3 Å². The van der Waals surface area contributed by atoms with Gasteiger partial charge >= 0.3 is 10.1 Å². The summed E-state index contributed by atoms with van der Waals surface area (Å²) in [6, 6.07) is 17.7. The highest BCUT2D eigenvalue weighted by atomic mass is 32.2. The van der Waals surface area contributed by atoms with E-state index in [1.165, 1.54) is 74.0 Å². The number of hydrazone groups is 1. The molecule has 0 atom stereocenters. The van der Waals surface area contributed by atoms with E-state index in [2.05, 4.69) is 10.5 Å². The van der Waals surface area contributed by atoms with Crippen LogP contribution >= 0.6 is 0 Å². The third-order valence-electron chi connectivity index (χ3n) is 3.94. The lowest BCUT2D eigenvalue weighted by Crippen LogP contribution is -2.17. The Morgan fingerprint density at radius 3 is 2.13 bits per heavy atom. The lowest BCUT2D eigenvalue weighted by atomic mass is 10.2. The number of benzene rings is 3. The molecule has 0 spiro atoms. The molecule has 3 aromatic carbocycles. The van der Waals surface area contributed by atoms with Crippen LogP contribution in [0, 0.1) is 0 Å². The number of phenols is 1. The molecule has 0 aliphatic heterocycles. The molecule has 0 saturated carbocycles. The third kappa shape index (κ3) is 5.36. The number of aromatic hydroxyl groups is 1. The Morgan fingerprint density at radius 1 is 0.933 bits per heavy atom. The molecule has 1 amide bonds. The summed E-state index contributed by atoms with van der Waals surface area (Å²) in [5, 5.41) is 13.1. The molecule has 0 aromatic heterocycles. The number of rotatable bonds is 7. The van der Waals surface area contributed by atoms with Crippen LogP contribution in [-0.4, -0.2) is 32.8 Å². The van der Waals surface area contributed by atoms with E-state index in [9.17, 15) is 18.3 Å². The molecule has 8 nitrogen and oxygen atoms in total. The van der Waals surface area contributed by atoms with Crippen molar-refractivity contribution in [3.63, 3.8) is 0 Å². The van der Waals surface area contributed by atoms with Crippen molar-refractivity contribution in [2.75, 3.05) is 7.11 Å². The Morgan fingerprint density at radius 2 is 1.53 bits per heavy atom. The molecule has 0 unspecified atom stereocenters. The van der Waals surface area contributed by atoms with Crippen molar-refractivity contribution in [1.82, 2.24) is 5.43 Å². The van der Waals surface area contributed by atoms with E-state index in [-0.39, 0.29) is 16.4 Å². The number of amides is 1. The molecule has 9 heteroatoms. The maximum Gasteiger partial charge on any atom is 0.339 e. The average molecular weight is 426 g/mol. The van der Waals surface area contributed by atoms with Crippen LogP contribution in [0.2, 0.25) is 0 Å². The normalized spacial score (nSPS) is 11.2. The predicted molar refractivity (Wildman–Crippen MR) is 110 cm³/mol. The van der Waals surface area contributed by atoms with Gasteiger partial charge < -0.3 is 14.0 Å². The topological polar surface area (TPSA) is 114 Å². The zero-order chi connectivity index (χ0) is 21.6. The van der Waals surface area contributed by atoms with E-state index in [4.69, 9.17) is 8.92 Å². The molecule has 0 radical (unpaired) electrons. The summed E-state index contributed by atoms with van der Waals surface area (Å²) in [4.78, 5) is 11.9. The van der Waals surface area contributed by atoms with Gasteiger partial charge in [0, 0.05) is 5.56 Å². The Labute approximate surface area is 173 Å². The van der Waals surface area contributed by atoms with Gasteiger partial charge in [0.25, 0.3) is 5.91 Å². The summed E-state index contributed by atoms with van der Waals surface area (Å²) in [6.07, 6.45) is 1.40. The van der Waals surface area contributed by atoms with E-state index in [0.717, 1.165) is 0 Å². The van der Waals surface area contributed by atoms with Gasteiger partial charge in [-0.15, -0.1) is 0 Å². The van der Waals surface area contributed by atoms with Gasteiger partial charge in [-0.1, -0.05) is 0 Å². The summed E-state index contributed by atoms with van der Waals surface area (Å²) in [7, 11) is -2.49. The number of carbonyl (C=O) groups is 1. The molecule has 0 aliphatic rings. The number of hydrogen-bond acceptors (Lipinski definition) is 7. The third-order valence-corrected chi connectivity index (χ3v) is 5.20. The Kier molecular flexibility index (Phi) is 6.33. The second-order valence-electron chi connectivity index (χ2n) is 6.03. The minimum absolute atomic E-state index is 0.00545. The molecule has 0 heterocycles. The lowest BCUT2D eigenvalue weighted by Gasteiger charge is -2.08. The molecular formula is C21H18N2O6S. The van der Waals surface area contributed by atoms with E-state index in [0.29, 0.717) is 16.9 Å². The zero-order valence-electron chi connectivity index (χ0n) is 15.8. The molecular weight excluding hydrogens is 408 g/mol. The Bertz CT molecular complexity index is 1140. The minimum Gasteiger partial charge on any atom is -0.508 e. The fourth-order valence-corrected chi connectivity index (χ4v) is 3.30. The highest BCUT2D eigenvalue weighted by molar-refractivity contribution is 7.87. The van der Waals surface area contributed by atoms with Gasteiger partial charge in [-0.3, -0.25) is 4.79 Å². The summed E-state index contributed by atoms with van der Waals surface area (Å²) in [5.74, 6) is 0.300. The van der Waals surface area contributed by atoms with E-state index < -0.39 is 16.0 Å². The van der Waals surface area contributed by atoms with Crippen LogP contribution in [0.25, 0.3) is 0 Å². The molecule has 30 heavy (non-hydrogen) atoms. The summed E-state index contributed by atoms with van der Waals surface area (Å²) < 4.78 is 34.8. The largest absolute Gasteiger partial charge is 0.508 e. The van der Waals surface area contributed by atoms with Gasteiger partial charge in [-0.2, -0.15) is 13.5 Å². The molecule has 154 valence electrons. The standard InChI is InChI=1S/C21H18N2O6S/c1-28-18-10-12-20(13-11-18)30(26,27)29-19-8-2-15(3-9-19)14-22-23-21(25)16-4-6-17(24)7-5-16/h2-14,24H,1H3,(H,23,25). The fraction of sp³-hybridized carbons (Fsp3) is 0.0476. The highest BCUT2D eigenvalue weighted by Gasteiger charge is 2.16. The number of carbonyl (C=O) groups excluding carboxylic acids is 1. The molecule has 3 aromatic rings. The van der Waals surface area contributed by atoms with Crippen molar-refractivity contribution >= 4 is 22.2 Å². The number of phenolic OH excluding ortho intramolecular Hbond substituents is 1. The quantitative estimate of drug-likeness (QED) is 0.341. The first kappa shape index (κ1) is 20.9. The first-order chi connectivity index (χ1) is 14.4. The molecule has 0 saturated heterocycles. The van der Waals surface area contributed by atoms with Crippen LogP contribution in [0.1, 0.15) is 15.9 Å². The van der Waals surface area contributed by atoms with Crippen molar-refractivity contribution < 1.29 is 27.2 Å². The van der Waals surface area contributed by atoms with E-state index in [1.807, 2.05) is 0 Å². The number of nitrogens with one attached hydrogen (secondary N) is 1. The van der Waals surface area contributed by atoms with Crippen LogP contribution in [0.15, 0.2) is 82.8 Å². The van der Waals surface area contributed by atoms with Gasteiger partial charge in [0.15, 0.2) is 0 Å². The van der Waals surface area contributed by atoms with Crippen LogP contribution in [0.3, 0.4) is 0 Å². The van der Waals surface area contributed by atoms with Crippen LogP contribution in [0.5, 0.6) is 17.2 Å². The van der Waals surface area contributed by atoms with Gasteiger partial charge in [0.1, 0.15) is 22.1 Å². The molecule has 0 aliphatic carbocycles. The fourth-order valence-electron chi connectivity index (χ4n) is 2.37. The number of methoxy groups -OCH3 is 1. The first-order valence-corrected chi connectivity index (χ1v) is 10.1. The number of ether oxygens (including phenoxy) is 1. The highest BCUT2D eigenvalue weighted by Crippen LogP contribution is 2.21. The van der Waals surface area contributed by atoms with Crippen LogP contribution in [0.4, 0.5) is 0 Å². The number of nitrogens with zero attached hydrogens (tertiary/aromatic N) is 1. The van der Waals surface area contributed by atoms with Crippen molar-refractivity contribution in [3.05, 3.63) is 83.9 Å². The molecule has 0 fully saturated rings. The average Bonchev–Trinajstić information content (AvgIpc) is 2.75. The van der Waals surface area contributed by atoms with Crippen LogP contribution in [-0.2, 0) is 10.1 Å². The Balaban J connectivity index is 1.60. The monoisotopic (exact) mass is 426 g/mol. The van der Waals surface area contributed by atoms with E-state index >= 15 is 0 Å². The van der Waals surface area contributed by atoms with Crippen molar-refractivity contribution in [2.24, 2.45) is 5.10 Å². The summed E-state index contributed by atoms with van der Waals surface area (Å²) in [6.45, 7) is 0. The maximum atomic E-state index is 12.3. The summed E-state index contributed by atoms with van der Waals surface area (Å²) >= 11 is 0. The zero-order valence-corrected chi connectivity index (χ0v) is 16.7. The SMILES string of the molecule is COc1ccc(S(=O)(=O)Oc2ccc(C=NNC(=O)c3ccc(O)cc3)cc2)cc1. The Hall–Kier alpha value is -3.85. The number of hydrogen-bond donors (Lipinski definition) is 2. The first-order valence-electron chi connectivity index (χ1n) is 8.68. The second kappa shape index (κ2) is 9.10. The van der Waals surface area contributed by atoms with Crippen LogP contribution < -0.4 is 14.3 Å². The van der Waals surface area contributed by atoms with Crippen molar-refractivity contribution in [3.8, 4) is 17.2 Å². The van der Waals surface area contributed by atoms with Gasteiger partial charge in [-0.05, 0) is 78.4 Å². The lowest BCUT2D eigenvalue weighted by molar-refractivity contribution is 0.0955. The molecule has 2 N–H and O–H groups in total. The smallest absolute Gasteiger partial charge is 0.339 e. The van der Waals surface area contributed by atoms with Gasteiger partial charge in [-0.25, -0.2) is 5.43 Å². The van der Waals surface area contributed by atoms with E-state index in [1.54, 1.807) is 12.1 Å². The second-order valence-corrected chi connectivity index (χ2v) is 7.57. The maximum absolute atomic E-state index is 12.3.